The summed E-state index contributed by atoms with van der Waals surface area (Å²) in [6.45, 7) is 9.14. The van der Waals surface area contributed by atoms with Crippen molar-refractivity contribution in [3.8, 4) is 0 Å². The molecule has 2 N–H and O–H groups in total. The summed E-state index contributed by atoms with van der Waals surface area (Å²) in [4.78, 5) is 29.6. The molecule has 8 nitrogen and oxygen atoms in total. The van der Waals surface area contributed by atoms with Gasteiger partial charge >= 0.3 is 0 Å². The minimum Gasteiger partial charge on any atom is -0.369 e. The number of hydrogen-bond acceptors (Lipinski definition) is 5. The van der Waals surface area contributed by atoms with Crippen LogP contribution in [0, 0.1) is 0 Å². The maximum Gasteiger partial charge on any atom is 0.233 e. The van der Waals surface area contributed by atoms with Crippen molar-refractivity contribution in [3.63, 3.8) is 0 Å². The van der Waals surface area contributed by atoms with Crippen LogP contribution >= 0.6 is 0 Å². The van der Waals surface area contributed by atoms with E-state index in [1.165, 1.54) is 5.06 Å². The van der Waals surface area contributed by atoms with Gasteiger partial charge in [0.05, 0.1) is 31.0 Å². The number of likely N-dealkylation sites (N-methyl/N-ethyl adjacent to an activating group) is 1. The van der Waals surface area contributed by atoms with Gasteiger partial charge in [-0.25, -0.2) is 9.75 Å². The van der Waals surface area contributed by atoms with Crippen molar-refractivity contribution in [2.24, 2.45) is 5.73 Å². The number of primary amides is 1. The molecule has 0 saturated carbocycles. The second-order valence-electron chi connectivity index (χ2n) is 5.41. The van der Waals surface area contributed by atoms with Crippen LogP contribution in [-0.4, -0.2) is 64.8 Å². The maximum absolute atomic E-state index is 11.2. The van der Waals surface area contributed by atoms with Gasteiger partial charge in [0.25, 0.3) is 0 Å². The van der Waals surface area contributed by atoms with Crippen LogP contribution in [0.15, 0.2) is 31.1 Å². The van der Waals surface area contributed by atoms with Crippen molar-refractivity contribution < 1.29 is 14.4 Å². The Morgan fingerprint density at radius 2 is 2.28 bits per heavy atom. The zero-order valence-corrected chi connectivity index (χ0v) is 15.1. The number of nitrogens with zero attached hydrogens (tertiary/aromatic N) is 4. The molecule has 25 heavy (non-hydrogen) atoms. The van der Waals surface area contributed by atoms with Crippen molar-refractivity contribution in [2.45, 2.75) is 26.3 Å². The summed E-state index contributed by atoms with van der Waals surface area (Å²) < 4.78 is 1.69. The Bertz CT molecular complexity index is 611. The molecule has 0 aromatic carbocycles. The van der Waals surface area contributed by atoms with Gasteiger partial charge in [0.15, 0.2) is 0 Å². The molecule has 0 fully saturated rings. The molecule has 8 heteroatoms. The molecule has 1 aliphatic rings. The highest BCUT2D eigenvalue weighted by Crippen LogP contribution is 2.17. The van der Waals surface area contributed by atoms with Gasteiger partial charge in [-0.15, -0.1) is 6.58 Å². The summed E-state index contributed by atoms with van der Waals surface area (Å²) in [6, 6.07) is -0.231. The highest BCUT2D eigenvalue weighted by Gasteiger charge is 2.24. The van der Waals surface area contributed by atoms with E-state index in [2.05, 4.69) is 16.6 Å². The lowest BCUT2D eigenvalue weighted by atomic mass is 10.1. The van der Waals surface area contributed by atoms with Crippen LogP contribution < -0.4 is 5.73 Å². The number of carbonyl (C=O) groups excluding carboxylic acids is 2. The molecule has 0 spiro atoms. The minimum absolute atomic E-state index is 0.148. The maximum atomic E-state index is 11.2. The van der Waals surface area contributed by atoms with Crippen LogP contribution in [0.3, 0.4) is 0 Å². The van der Waals surface area contributed by atoms with Crippen molar-refractivity contribution in [2.75, 3.05) is 26.7 Å². The van der Waals surface area contributed by atoms with E-state index in [9.17, 15) is 9.59 Å². The van der Waals surface area contributed by atoms with Gasteiger partial charge in [-0.3, -0.25) is 19.3 Å². The smallest absolute Gasteiger partial charge is 0.233 e. The third-order valence-electron chi connectivity index (χ3n) is 3.40. The van der Waals surface area contributed by atoms with Crippen LogP contribution in [0.1, 0.15) is 19.4 Å². The van der Waals surface area contributed by atoms with Gasteiger partial charge < -0.3 is 5.73 Å². The number of rotatable bonds is 8. The van der Waals surface area contributed by atoms with Crippen molar-refractivity contribution in [1.82, 2.24) is 19.7 Å². The lowest BCUT2D eigenvalue weighted by Crippen LogP contribution is -2.45. The number of aromatic nitrogens is 2. The molecular weight excluding hydrogens is 322 g/mol. The average molecular weight is 349 g/mol. The minimum atomic E-state index is -0.401. The third-order valence-corrected chi connectivity index (χ3v) is 3.40. The first kappa shape index (κ1) is 20.6. The molecule has 2 heterocycles. The first-order valence-electron chi connectivity index (χ1n) is 8.22. The van der Waals surface area contributed by atoms with Crippen LogP contribution in [0.4, 0.5) is 0 Å². The molecule has 1 aromatic heterocycles. The number of nitrogens with two attached hydrogens (primary N) is 1. The van der Waals surface area contributed by atoms with Crippen molar-refractivity contribution in [3.05, 3.63) is 36.7 Å². The first-order valence-corrected chi connectivity index (χ1v) is 8.22. The Hall–Kier alpha value is -2.45. The van der Waals surface area contributed by atoms with Gasteiger partial charge in [-0.1, -0.05) is 19.9 Å². The van der Waals surface area contributed by atoms with Gasteiger partial charge in [-0.05, 0) is 18.7 Å². The number of hydroxylamine groups is 2. The van der Waals surface area contributed by atoms with E-state index in [0.717, 1.165) is 11.3 Å². The normalized spacial score (nSPS) is 17.1. The molecule has 1 atom stereocenters. The van der Waals surface area contributed by atoms with Crippen LogP contribution in [0.5, 0.6) is 0 Å². The van der Waals surface area contributed by atoms with Crippen molar-refractivity contribution in [1.29, 1.82) is 0 Å². The molecule has 2 amide bonds. The molecule has 0 aliphatic carbocycles. The highest BCUT2D eigenvalue weighted by molar-refractivity contribution is 5.76. The van der Waals surface area contributed by atoms with Crippen LogP contribution in [0.25, 0.3) is 5.70 Å². The average Bonchev–Trinajstić information content (AvgIpc) is 3.05. The fraction of sp³-hybridized carbons (Fsp3) is 0.471. The van der Waals surface area contributed by atoms with E-state index in [-0.39, 0.29) is 19.1 Å². The Morgan fingerprint density at radius 1 is 1.56 bits per heavy atom. The number of carbonyl (C=O) groups is 2. The summed E-state index contributed by atoms with van der Waals surface area (Å²) in [5.74, 6) is -0.401. The summed E-state index contributed by atoms with van der Waals surface area (Å²) in [5.41, 5.74) is 6.84. The third kappa shape index (κ3) is 6.17. The summed E-state index contributed by atoms with van der Waals surface area (Å²) in [6.07, 6.45) is 7.69. The van der Waals surface area contributed by atoms with E-state index in [1.807, 2.05) is 27.0 Å². The molecule has 1 aliphatic heterocycles. The largest absolute Gasteiger partial charge is 0.369 e. The Kier molecular flexibility index (Phi) is 8.59. The van der Waals surface area contributed by atoms with E-state index in [1.54, 1.807) is 23.2 Å². The van der Waals surface area contributed by atoms with E-state index in [0.29, 0.717) is 19.5 Å². The predicted molar refractivity (Wildman–Crippen MR) is 96.1 cm³/mol. The molecule has 138 valence electrons. The fourth-order valence-electron chi connectivity index (χ4n) is 2.44. The second kappa shape index (κ2) is 10.4. The lowest BCUT2D eigenvalue weighted by Gasteiger charge is -2.33. The van der Waals surface area contributed by atoms with E-state index >= 15 is 0 Å². The predicted octanol–water partition coefficient (Wildman–Crippen LogP) is 0.668. The molecule has 0 radical (unpaired) electrons. The Morgan fingerprint density at radius 3 is 2.88 bits per heavy atom. The summed E-state index contributed by atoms with van der Waals surface area (Å²) >= 11 is 0. The van der Waals surface area contributed by atoms with E-state index in [4.69, 9.17) is 10.6 Å². The van der Waals surface area contributed by atoms with Gasteiger partial charge in [0.1, 0.15) is 0 Å². The standard InChI is InChI=1S/C15H21N5O3.C2H6/c1-3-4-23-20(11-21)14-6-13(9-18(2)10-14)19-8-12(7-17-19)5-15(16)22;1-2/h3,6-8,11,14H,1,4-5,9-10H2,2H3,(H2,16,22);1-2H3. The molecular formula is C17H27N5O3. The molecule has 2 rings (SSSR count). The second-order valence-corrected chi connectivity index (χ2v) is 5.41. The number of hydrogen-bond donors (Lipinski definition) is 1. The lowest BCUT2D eigenvalue weighted by molar-refractivity contribution is -0.177. The van der Waals surface area contributed by atoms with Crippen molar-refractivity contribution >= 4 is 18.0 Å². The van der Waals surface area contributed by atoms with Gasteiger partial charge in [0, 0.05) is 19.3 Å². The zero-order chi connectivity index (χ0) is 18.8. The topological polar surface area (TPSA) is 93.7 Å². The zero-order valence-electron chi connectivity index (χ0n) is 15.1. The summed E-state index contributed by atoms with van der Waals surface area (Å²) in [5, 5.41) is 5.53. The molecule has 0 saturated heterocycles. The summed E-state index contributed by atoms with van der Waals surface area (Å²) in [7, 11) is 1.95. The Balaban J connectivity index is 0.00000151. The highest BCUT2D eigenvalue weighted by atomic mass is 16.7. The first-order chi connectivity index (χ1) is 12.0. The SMILES string of the molecule is C=CCON(C=O)C1C=C(n2cc(CC(N)=O)cn2)CN(C)C1.CC. The van der Waals surface area contributed by atoms with Crippen LogP contribution in [0.2, 0.25) is 0 Å². The molecule has 1 aromatic rings. The molecule has 0 bridgehead atoms. The number of amides is 2. The fourth-order valence-corrected chi connectivity index (χ4v) is 2.44. The molecule has 1 unspecified atom stereocenters. The van der Waals surface area contributed by atoms with E-state index < -0.39 is 5.91 Å². The van der Waals surface area contributed by atoms with Gasteiger partial charge in [0.2, 0.25) is 12.3 Å². The quantitative estimate of drug-likeness (QED) is 0.423. The monoisotopic (exact) mass is 349 g/mol. The Labute approximate surface area is 148 Å². The van der Waals surface area contributed by atoms with Gasteiger partial charge in [-0.2, -0.15) is 5.10 Å². The van der Waals surface area contributed by atoms with Crippen LogP contribution in [-0.2, 0) is 20.8 Å².